The Bertz CT molecular complexity index is 1270. The van der Waals surface area contributed by atoms with Crippen molar-refractivity contribution in [2.24, 2.45) is 0 Å². The van der Waals surface area contributed by atoms with Crippen LogP contribution in [0.3, 0.4) is 0 Å². The van der Waals surface area contributed by atoms with Crippen LogP contribution in [0.15, 0.2) is 72.8 Å². The van der Waals surface area contributed by atoms with Gasteiger partial charge in [0.05, 0.1) is 13.2 Å². The Morgan fingerprint density at radius 2 is 1.69 bits per heavy atom. The number of carbonyl (C=O) groups excluding carboxylic acids is 3. The minimum atomic E-state index is -1.85. The summed E-state index contributed by atoms with van der Waals surface area (Å²) in [4.78, 5) is 39.4. The summed E-state index contributed by atoms with van der Waals surface area (Å²) < 4.78 is 33.3. The average molecular weight is 479 g/mol. The molecule has 35 heavy (non-hydrogen) atoms. The minimum Gasteiger partial charge on any atom is -0.497 e. The SMILES string of the molecule is COc1ccc([C@H](NC(=O)CN2C(=O)N[C@](C)(c3cc(F)ccc3F)C2=O)c2ccccc2)cc1. The molecule has 2 N–H and O–H groups in total. The molecule has 0 unspecified atom stereocenters. The van der Waals surface area contributed by atoms with Gasteiger partial charge in [-0.05, 0) is 48.4 Å². The number of methoxy groups -OCH3 is 1. The van der Waals surface area contributed by atoms with E-state index in [2.05, 4.69) is 10.6 Å². The van der Waals surface area contributed by atoms with E-state index in [0.29, 0.717) is 10.6 Å². The molecule has 0 radical (unpaired) electrons. The number of urea groups is 1. The van der Waals surface area contributed by atoms with Gasteiger partial charge in [0.2, 0.25) is 5.91 Å². The highest BCUT2D eigenvalue weighted by atomic mass is 19.1. The van der Waals surface area contributed by atoms with Crippen molar-refractivity contribution in [1.29, 1.82) is 0 Å². The van der Waals surface area contributed by atoms with Crippen LogP contribution in [0.4, 0.5) is 13.6 Å². The smallest absolute Gasteiger partial charge is 0.325 e. The van der Waals surface area contributed by atoms with Crippen molar-refractivity contribution >= 4 is 17.8 Å². The molecule has 3 aromatic carbocycles. The van der Waals surface area contributed by atoms with E-state index < -0.39 is 47.6 Å². The molecule has 1 heterocycles. The zero-order valence-corrected chi connectivity index (χ0v) is 19.0. The fraction of sp³-hybridized carbons (Fsp3) is 0.192. The first kappa shape index (κ1) is 23.9. The van der Waals surface area contributed by atoms with Crippen LogP contribution in [-0.4, -0.2) is 36.4 Å². The maximum absolute atomic E-state index is 14.4. The fourth-order valence-corrected chi connectivity index (χ4v) is 4.05. The lowest BCUT2D eigenvalue weighted by atomic mass is 9.91. The molecule has 7 nitrogen and oxygen atoms in total. The second-order valence-electron chi connectivity index (χ2n) is 8.25. The van der Waals surface area contributed by atoms with Crippen LogP contribution in [0.5, 0.6) is 5.75 Å². The molecule has 0 bridgehead atoms. The van der Waals surface area contributed by atoms with Gasteiger partial charge in [-0.3, -0.25) is 14.5 Å². The van der Waals surface area contributed by atoms with Crippen molar-refractivity contribution in [3.05, 3.63) is 101 Å². The lowest BCUT2D eigenvalue weighted by Crippen LogP contribution is -2.44. The van der Waals surface area contributed by atoms with Gasteiger partial charge in [0, 0.05) is 5.56 Å². The Balaban J connectivity index is 1.56. The zero-order chi connectivity index (χ0) is 25.2. The van der Waals surface area contributed by atoms with Crippen LogP contribution >= 0.6 is 0 Å². The van der Waals surface area contributed by atoms with E-state index in [4.69, 9.17) is 4.74 Å². The highest BCUT2D eigenvalue weighted by molar-refractivity contribution is 6.09. The molecule has 0 aromatic heterocycles. The summed E-state index contributed by atoms with van der Waals surface area (Å²) >= 11 is 0. The van der Waals surface area contributed by atoms with Gasteiger partial charge in [-0.15, -0.1) is 0 Å². The van der Waals surface area contributed by atoms with Gasteiger partial charge in [-0.2, -0.15) is 0 Å². The van der Waals surface area contributed by atoms with Crippen LogP contribution in [0, 0.1) is 11.6 Å². The Kier molecular flexibility index (Phi) is 6.50. The van der Waals surface area contributed by atoms with E-state index in [1.165, 1.54) is 6.92 Å². The molecule has 1 aliphatic rings. The lowest BCUT2D eigenvalue weighted by molar-refractivity contribution is -0.135. The molecule has 0 spiro atoms. The monoisotopic (exact) mass is 479 g/mol. The number of imide groups is 1. The van der Waals surface area contributed by atoms with Crippen molar-refractivity contribution in [2.45, 2.75) is 18.5 Å². The van der Waals surface area contributed by atoms with Gasteiger partial charge in [0.1, 0.15) is 29.5 Å². The van der Waals surface area contributed by atoms with Gasteiger partial charge < -0.3 is 15.4 Å². The van der Waals surface area contributed by atoms with Gasteiger partial charge in [-0.1, -0.05) is 42.5 Å². The predicted molar refractivity (Wildman–Crippen MR) is 123 cm³/mol. The summed E-state index contributed by atoms with van der Waals surface area (Å²) in [5.41, 5.74) is -0.624. The highest BCUT2D eigenvalue weighted by Gasteiger charge is 2.51. The molecule has 1 saturated heterocycles. The first-order chi connectivity index (χ1) is 16.7. The number of nitrogens with zero attached hydrogens (tertiary/aromatic N) is 1. The molecule has 180 valence electrons. The van der Waals surface area contributed by atoms with Crippen LogP contribution in [0.25, 0.3) is 0 Å². The van der Waals surface area contributed by atoms with E-state index in [1.54, 1.807) is 31.4 Å². The predicted octanol–water partition coefficient (Wildman–Crippen LogP) is 3.65. The average Bonchev–Trinajstić information content (AvgIpc) is 3.08. The van der Waals surface area contributed by atoms with Gasteiger partial charge in [0.15, 0.2) is 0 Å². The summed E-state index contributed by atoms with van der Waals surface area (Å²) in [6.07, 6.45) is 0. The molecule has 1 fully saturated rings. The maximum Gasteiger partial charge on any atom is 0.325 e. The van der Waals surface area contributed by atoms with Crippen LogP contribution in [0.2, 0.25) is 0 Å². The molecule has 9 heteroatoms. The van der Waals surface area contributed by atoms with Gasteiger partial charge >= 0.3 is 6.03 Å². The lowest BCUT2D eigenvalue weighted by Gasteiger charge is -2.23. The summed E-state index contributed by atoms with van der Waals surface area (Å²) in [6, 6.07) is 17.5. The summed E-state index contributed by atoms with van der Waals surface area (Å²) in [5.74, 6) is -2.43. The number of carbonyl (C=O) groups is 3. The molecule has 1 aliphatic heterocycles. The Hall–Kier alpha value is -4.27. The van der Waals surface area contributed by atoms with Crippen molar-refractivity contribution in [3.8, 4) is 5.75 Å². The minimum absolute atomic E-state index is 0.320. The van der Waals surface area contributed by atoms with Crippen LogP contribution in [0.1, 0.15) is 29.7 Å². The third-order valence-corrected chi connectivity index (χ3v) is 5.93. The van der Waals surface area contributed by atoms with Crippen molar-refractivity contribution in [2.75, 3.05) is 13.7 Å². The number of amides is 4. The third-order valence-electron chi connectivity index (χ3n) is 5.93. The second kappa shape index (κ2) is 9.54. The molecular formula is C26H23F2N3O4. The number of rotatable bonds is 7. The number of nitrogens with one attached hydrogen (secondary N) is 2. The molecule has 0 saturated carbocycles. The quantitative estimate of drug-likeness (QED) is 0.507. The van der Waals surface area contributed by atoms with Crippen LogP contribution < -0.4 is 15.4 Å². The normalized spacial score (nSPS) is 18.2. The van der Waals surface area contributed by atoms with Crippen LogP contribution in [-0.2, 0) is 15.1 Å². The molecule has 4 amide bonds. The van der Waals surface area contributed by atoms with E-state index in [9.17, 15) is 23.2 Å². The number of halogens is 2. The Labute approximate surface area is 200 Å². The van der Waals surface area contributed by atoms with Gasteiger partial charge in [0.25, 0.3) is 5.91 Å². The largest absolute Gasteiger partial charge is 0.497 e. The standard InChI is InChI=1S/C26H23F2N3O4/c1-26(20-14-18(27)10-13-21(20)28)24(33)31(25(34)30-26)15-22(32)29-23(16-6-4-3-5-7-16)17-8-11-19(35-2)12-9-17/h3-14,23H,15H2,1-2H3,(H,29,32)(H,30,34)/t23-,26-/m1/s1. The summed E-state index contributed by atoms with van der Waals surface area (Å²) in [7, 11) is 1.55. The summed E-state index contributed by atoms with van der Waals surface area (Å²) in [6.45, 7) is 0.670. The van der Waals surface area contributed by atoms with Crippen molar-refractivity contribution in [3.63, 3.8) is 0 Å². The molecule has 4 rings (SSSR count). The number of hydrogen-bond donors (Lipinski definition) is 2. The first-order valence-electron chi connectivity index (χ1n) is 10.8. The van der Waals surface area contributed by atoms with Gasteiger partial charge in [-0.25, -0.2) is 13.6 Å². The number of hydrogen-bond acceptors (Lipinski definition) is 4. The highest BCUT2D eigenvalue weighted by Crippen LogP contribution is 2.31. The van der Waals surface area contributed by atoms with Crippen molar-refractivity contribution < 1.29 is 27.9 Å². The van der Waals surface area contributed by atoms with E-state index in [1.807, 2.05) is 30.3 Å². The van der Waals surface area contributed by atoms with E-state index in [0.717, 1.165) is 29.3 Å². The Morgan fingerprint density at radius 3 is 2.34 bits per heavy atom. The molecule has 3 aromatic rings. The molecular weight excluding hydrogens is 456 g/mol. The summed E-state index contributed by atoms with van der Waals surface area (Å²) in [5, 5.41) is 5.24. The molecule has 0 aliphatic carbocycles. The van der Waals surface area contributed by atoms with E-state index >= 15 is 0 Å². The first-order valence-corrected chi connectivity index (χ1v) is 10.8. The molecule has 2 atom stereocenters. The van der Waals surface area contributed by atoms with E-state index in [-0.39, 0.29) is 5.56 Å². The zero-order valence-electron chi connectivity index (χ0n) is 19.0. The maximum atomic E-state index is 14.4. The van der Waals surface area contributed by atoms with Crippen molar-refractivity contribution in [1.82, 2.24) is 15.5 Å². The number of benzene rings is 3. The second-order valence-corrected chi connectivity index (χ2v) is 8.25. The fourth-order valence-electron chi connectivity index (χ4n) is 4.05. The topological polar surface area (TPSA) is 87.7 Å². The number of ether oxygens (including phenoxy) is 1. The third kappa shape index (κ3) is 4.70. The Morgan fingerprint density at radius 1 is 1.03 bits per heavy atom.